The van der Waals surface area contributed by atoms with Crippen LogP contribution in [0, 0.1) is 18.1 Å². The van der Waals surface area contributed by atoms with Gasteiger partial charge in [-0.15, -0.1) is 12.5 Å². The normalized spacial score (nSPS) is 14.8. The van der Waals surface area contributed by atoms with Crippen LogP contribution in [0.25, 0.3) is 11.1 Å². The number of alkyl halides is 6. The standard InChI is InChI=1S/C21H25.C15H8F6.C8H11.2ClH.Zr/c1-20(2,3)16-9-7-14-11-15-8-10-17(21(4,5)6)13-19(15)18(14)12-16;16-14(17,18)12-5-1-3-10(8-12)7-11-4-2-6-13(9-11)15(19,20)21;1-6-4-7(2)8(3)5-6;;;/h7,9-10,12-13H,11H2,1-6H3;1-6,8-9H;4,6H,1-3H3;2*1H;/q-1;;-1;;;+2/p-2. The maximum Gasteiger partial charge on any atom is -1.00 e. The summed E-state index contributed by atoms with van der Waals surface area (Å²) in [6.07, 6.45) is -2.42. The summed E-state index contributed by atoms with van der Waals surface area (Å²) in [5.41, 5.74) is 10.4. The molecule has 0 aromatic heterocycles. The van der Waals surface area contributed by atoms with Crippen LogP contribution in [-0.4, -0.2) is 3.21 Å². The molecule has 0 nitrogen and oxygen atoms in total. The number of hydrogen-bond donors (Lipinski definition) is 0. The van der Waals surface area contributed by atoms with Crippen molar-refractivity contribution in [3.63, 3.8) is 0 Å². The van der Waals surface area contributed by atoms with E-state index in [1.165, 1.54) is 68.8 Å². The largest absolute Gasteiger partial charge is 1.00 e. The summed E-state index contributed by atoms with van der Waals surface area (Å²) < 4.78 is 76.7. The first-order valence-electron chi connectivity index (χ1n) is 16.9. The first-order valence-corrected chi connectivity index (χ1v) is 18.1. The Morgan fingerprint density at radius 3 is 1.55 bits per heavy atom. The van der Waals surface area contributed by atoms with Crippen LogP contribution in [0.1, 0.15) is 107 Å². The molecule has 0 heterocycles. The van der Waals surface area contributed by atoms with Gasteiger partial charge in [0.25, 0.3) is 0 Å². The molecule has 2 aliphatic carbocycles. The van der Waals surface area contributed by atoms with Crippen LogP contribution in [0.2, 0.25) is 0 Å². The monoisotopic (exact) mass is 846 g/mol. The Morgan fingerprint density at radius 1 is 0.660 bits per heavy atom. The van der Waals surface area contributed by atoms with Crippen molar-refractivity contribution in [3.05, 3.63) is 153 Å². The van der Waals surface area contributed by atoms with E-state index in [-0.39, 0.29) is 46.8 Å². The van der Waals surface area contributed by atoms with E-state index < -0.39 is 23.5 Å². The maximum absolute atomic E-state index is 12.7. The fraction of sp³-hybridized carbons (Fsp3) is 0.341. The summed E-state index contributed by atoms with van der Waals surface area (Å²) in [5, 5.41) is 0. The van der Waals surface area contributed by atoms with Gasteiger partial charge in [-0.2, -0.15) is 35.4 Å². The van der Waals surface area contributed by atoms with Crippen LogP contribution in [0.15, 0.2) is 96.1 Å². The quantitative estimate of drug-likeness (QED) is 0.135. The molecule has 0 bridgehead atoms. The number of benzene rings is 4. The van der Waals surface area contributed by atoms with Crippen LogP contribution in [-0.2, 0) is 53.8 Å². The van der Waals surface area contributed by atoms with E-state index in [2.05, 4.69) is 111 Å². The minimum absolute atomic E-state index is 0. The summed E-state index contributed by atoms with van der Waals surface area (Å²) in [4.78, 5) is 0. The second kappa shape index (κ2) is 17.8. The van der Waals surface area contributed by atoms with Crippen molar-refractivity contribution in [2.75, 3.05) is 0 Å². The molecule has 0 saturated carbocycles. The van der Waals surface area contributed by atoms with Crippen molar-refractivity contribution in [2.45, 2.75) is 91.9 Å². The number of rotatable bonds is 2. The fourth-order valence-electron chi connectivity index (χ4n) is 5.85. The van der Waals surface area contributed by atoms with E-state index in [0.29, 0.717) is 9.12 Å². The molecule has 2 aliphatic rings. The SMILES string of the molecule is CC(C)(C)c1c[c-]c2c(c1)-c1cc(C(C)(C)C)ccc1C2.CC1=[C-]C(C)C=C1C.FC(F)(F)c1cccc([C](=[Zr+2])c2cccc(C(F)(F)F)c2)c1.[Cl-].[Cl-]. The van der Waals surface area contributed by atoms with Gasteiger partial charge in [-0.25, -0.2) is 11.1 Å². The van der Waals surface area contributed by atoms with Gasteiger partial charge < -0.3 is 24.8 Å². The van der Waals surface area contributed by atoms with Crippen LogP contribution >= 0.6 is 0 Å². The van der Waals surface area contributed by atoms with E-state index in [0.717, 1.165) is 54.9 Å². The van der Waals surface area contributed by atoms with Crippen LogP contribution in [0.3, 0.4) is 0 Å². The summed E-state index contributed by atoms with van der Waals surface area (Å²) in [6.45, 7) is 20.0. The van der Waals surface area contributed by atoms with Crippen molar-refractivity contribution < 1.29 is 75.4 Å². The Hall–Kier alpha value is -2.73. The number of allylic oxidation sites excluding steroid dienone is 4. The molecule has 0 amide bonds. The van der Waals surface area contributed by atoms with Gasteiger partial charge in [-0.3, -0.25) is 6.08 Å². The minimum Gasteiger partial charge on any atom is -1.00 e. The molecule has 0 N–H and O–H groups in total. The Morgan fingerprint density at radius 2 is 1.15 bits per heavy atom. The smallest absolute Gasteiger partial charge is 1.00 e. The van der Waals surface area contributed by atoms with Gasteiger partial charge in [-0.1, -0.05) is 96.0 Å². The molecule has 53 heavy (non-hydrogen) atoms. The van der Waals surface area contributed by atoms with Gasteiger partial charge in [0.05, 0.1) is 0 Å². The molecule has 282 valence electrons. The molecular formula is C44H44Cl2F6Zr-2. The molecule has 4 aromatic carbocycles. The van der Waals surface area contributed by atoms with E-state index in [9.17, 15) is 26.3 Å². The van der Waals surface area contributed by atoms with Crippen LogP contribution in [0.4, 0.5) is 26.3 Å². The van der Waals surface area contributed by atoms with Crippen molar-refractivity contribution >= 4 is 3.21 Å². The van der Waals surface area contributed by atoms with E-state index >= 15 is 0 Å². The molecule has 0 radical (unpaired) electrons. The summed E-state index contributed by atoms with van der Waals surface area (Å²) in [7, 11) is 0. The fourth-order valence-corrected chi connectivity index (χ4v) is 6.61. The average Bonchev–Trinajstić information content (AvgIpc) is 3.55. The summed E-state index contributed by atoms with van der Waals surface area (Å²) in [6, 6.07) is 24.2. The van der Waals surface area contributed by atoms with Crippen molar-refractivity contribution in [2.24, 2.45) is 5.92 Å². The van der Waals surface area contributed by atoms with E-state index in [1.54, 1.807) is 0 Å². The average molecular weight is 849 g/mol. The first-order chi connectivity index (χ1) is 23.4. The van der Waals surface area contributed by atoms with E-state index in [1.807, 2.05) is 0 Å². The van der Waals surface area contributed by atoms with E-state index in [4.69, 9.17) is 0 Å². The Balaban J connectivity index is 0.000000295. The molecule has 0 spiro atoms. The predicted molar refractivity (Wildman–Crippen MR) is 192 cm³/mol. The minimum atomic E-state index is -4.49. The van der Waals surface area contributed by atoms with Gasteiger partial charge in [-0.05, 0) is 17.4 Å². The zero-order valence-electron chi connectivity index (χ0n) is 31.4. The molecule has 1 unspecified atom stereocenters. The molecule has 6 rings (SSSR count). The predicted octanol–water partition coefficient (Wildman–Crippen LogP) is 6.83. The molecular weight excluding hydrogens is 805 g/mol. The zero-order chi connectivity index (χ0) is 38.1. The third-order valence-corrected chi connectivity index (χ3v) is 10.4. The number of halogens is 8. The Kier molecular flexibility index (Phi) is 15.6. The van der Waals surface area contributed by atoms with Crippen molar-refractivity contribution in [1.82, 2.24) is 0 Å². The van der Waals surface area contributed by atoms with Gasteiger partial charge in [0.1, 0.15) is 0 Å². The second-order valence-electron chi connectivity index (χ2n) is 15.3. The second-order valence-corrected chi connectivity index (χ2v) is 16.5. The first kappa shape index (κ1) is 46.4. The molecule has 1 atom stereocenters. The number of hydrogen-bond acceptors (Lipinski definition) is 0. The van der Waals surface area contributed by atoms with Gasteiger partial charge in [0.15, 0.2) is 0 Å². The van der Waals surface area contributed by atoms with Crippen molar-refractivity contribution in [1.29, 1.82) is 0 Å². The Bertz CT molecular complexity index is 1830. The molecule has 0 aliphatic heterocycles. The third-order valence-electron chi connectivity index (χ3n) is 9.02. The topological polar surface area (TPSA) is 0 Å². The zero-order valence-corrected chi connectivity index (χ0v) is 35.4. The van der Waals surface area contributed by atoms with Crippen LogP contribution < -0.4 is 24.8 Å². The van der Waals surface area contributed by atoms with Gasteiger partial charge >= 0.3 is 137 Å². The van der Waals surface area contributed by atoms with Crippen molar-refractivity contribution in [3.8, 4) is 11.1 Å². The van der Waals surface area contributed by atoms with Gasteiger partial charge in [0.2, 0.25) is 0 Å². The third kappa shape index (κ3) is 12.1. The molecule has 4 aromatic rings. The summed E-state index contributed by atoms with van der Waals surface area (Å²) >= 11 is 0.729. The molecule has 9 heteroatoms. The molecule has 0 saturated heterocycles. The molecule has 0 fully saturated rings. The summed E-state index contributed by atoms with van der Waals surface area (Å²) in [5.74, 6) is 0.551. The van der Waals surface area contributed by atoms with Crippen LogP contribution in [0.5, 0.6) is 0 Å². The Labute approximate surface area is 338 Å². The number of fused-ring (bicyclic) bond motifs is 3. The van der Waals surface area contributed by atoms with Gasteiger partial charge in [0, 0.05) is 0 Å². The maximum atomic E-state index is 12.7.